The fraction of sp³-hybridized carbons (Fsp3) is 0.583. The Hall–Kier alpha value is -0.710. The average Bonchev–Trinajstić information content (AvgIpc) is 2.81. The molecule has 0 radical (unpaired) electrons. The molecule has 4 heteroatoms. The van der Waals surface area contributed by atoms with Crippen molar-refractivity contribution in [2.75, 3.05) is 26.4 Å². The number of carbonyl (C=O) groups excluding carboxylic acids is 1. The minimum atomic E-state index is 0.211. The second kappa shape index (κ2) is 8.44. The van der Waals surface area contributed by atoms with Crippen molar-refractivity contribution in [1.82, 2.24) is 0 Å². The molecule has 16 heavy (non-hydrogen) atoms. The van der Waals surface area contributed by atoms with Crippen molar-refractivity contribution < 1.29 is 14.3 Å². The number of hydrogen-bond acceptors (Lipinski definition) is 4. The number of Topliss-reactive ketones (excluding diaryl/α,β-unsaturated/α-hetero) is 1. The summed E-state index contributed by atoms with van der Waals surface area (Å²) in [4.78, 5) is 12.4. The van der Waals surface area contributed by atoms with Gasteiger partial charge in [-0.3, -0.25) is 4.79 Å². The Kier molecular flexibility index (Phi) is 7.05. The largest absolute Gasteiger partial charge is 0.379 e. The number of ketones is 1. The van der Waals surface area contributed by atoms with Crippen molar-refractivity contribution in [2.24, 2.45) is 0 Å². The van der Waals surface area contributed by atoms with Gasteiger partial charge in [0.2, 0.25) is 0 Å². The molecule has 0 N–H and O–H groups in total. The van der Waals surface area contributed by atoms with Crippen molar-refractivity contribution in [3.63, 3.8) is 0 Å². The molecule has 0 aliphatic rings. The van der Waals surface area contributed by atoms with Crippen LogP contribution in [-0.4, -0.2) is 32.2 Å². The summed E-state index contributed by atoms with van der Waals surface area (Å²) in [5.41, 5.74) is 0. The number of ether oxygens (including phenoxy) is 2. The van der Waals surface area contributed by atoms with Crippen LogP contribution >= 0.6 is 11.3 Å². The van der Waals surface area contributed by atoms with Crippen molar-refractivity contribution >= 4 is 17.1 Å². The fourth-order valence-corrected chi connectivity index (χ4v) is 1.95. The molecule has 90 valence electrons. The monoisotopic (exact) mass is 242 g/mol. The summed E-state index contributed by atoms with van der Waals surface area (Å²) >= 11 is 1.50. The maximum atomic E-state index is 11.6. The predicted octanol–water partition coefficient (Wildman–Crippen LogP) is 2.76. The van der Waals surface area contributed by atoms with Gasteiger partial charge in [0.15, 0.2) is 5.78 Å². The molecule has 0 bridgehead atoms. The number of hydrogen-bond donors (Lipinski definition) is 0. The van der Waals surface area contributed by atoms with Crippen LogP contribution in [0.3, 0.4) is 0 Å². The van der Waals surface area contributed by atoms with Crippen LogP contribution in [0.15, 0.2) is 17.5 Å². The van der Waals surface area contributed by atoms with Gasteiger partial charge in [-0.25, -0.2) is 0 Å². The molecule has 0 saturated heterocycles. The Bertz CT molecular complexity index is 282. The van der Waals surface area contributed by atoms with E-state index >= 15 is 0 Å². The first-order valence-corrected chi connectivity index (χ1v) is 6.44. The zero-order valence-corrected chi connectivity index (χ0v) is 10.4. The van der Waals surface area contributed by atoms with E-state index in [1.807, 2.05) is 24.4 Å². The minimum Gasteiger partial charge on any atom is -0.379 e. The highest BCUT2D eigenvalue weighted by atomic mass is 32.1. The van der Waals surface area contributed by atoms with E-state index in [0.717, 1.165) is 17.9 Å². The van der Waals surface area contributed by atoms with Crippen LogP contribution in [-0.2, 0) is 9.47 Å². The molecule has 0 fully saturated rings. The zero-order chi connectivity index (χ0) is 11.6. The first kappa shape index (κ1) is 13.4. The molecule has 1 aromatic rings. The van der Waals surface area contributed by atoms with Crippen molar-refractivity contribution in [2.45, 2.75) is 19.8 Å². The van der Waals surface area contributed by atoms with Gasteiger partial charge in [0.05, 0.1) is 18.1 Å². The van der Waals surface area contributed by atoms with Crippen LogP contribution < -0.4 is 0 Å². The van der Waals surface area contributed by atoms with E-state index in [0.29, 0.717) is 26.2 Å². The summed E-state index contributed by atoms with van der Waals surface area (Å²) in [5, 5.41) is 1.92. The Labute approximate surface area is 100 Å². The number of carbonyl (C=O) groups is 1. The number of rotatable bonds is 9. The normalized spacial score (nSPS) is 10.6. The Balaban J connectivity index is 1.97. The predicted molar refractivity (Wildman–Crippen MR) is 65.2 cm³/mol. The first-order valence-electron chi connectivity index (χ1n) is 5.56. The third-order valence-corrected chi connectivity index (χ3v) is 2.98. The molecular weight excluding hydrogens is 224 g/mol. The summed E-state index contributed by atoms with van der Waals surface area (Å²) in [7, 11) is 0. The lowest BCUT2D eigenvalue weighted by Crippen LogP contribution is -2.06. The van der Waals surface area contributed by atoms with E-state index in [-0.39, 0.29) is 5.78 Å². The van der Waals surface area contributed by atoms with Gasteiger partial charge < -0.3 is 9.47 Å². The smallest absolute Gasteiger partial charge is 0.172 e. The van der Waals surface area contributed by atoms with Crippen molar-refractivity contribution in [3.8, 4) is 0 Å². The van der Waals surface area contributed by atoms with E-state index < -0.39 is 0 Å². The lowest BCUT2D eigenvalue weighted by atomic mass is 10.2. The van der Waals surface area contributed by atoms with Crippen LogP contribution in [0.5, 0.6) is 0 Å². The third kappa shape index (κ3) is 5.39. The molecule has 1 aromatic heterocycles. The SMILES string of the molecule is CCOCCOCCCC(=O)c1cccs1. The molecule has 0 aliphatic carbocycles. The summed E-state index contributed by atoms with van der Waals surface area (Å²) < 4.78 is 10.5. The van der Waals surface area contributed by atoms with Crippen LogP contribution in [0.1, 0.15) is 29.4 Å². The molecule has 3 nitrogen and oxygen atoms in total. The first-order chi connectivity index (χ1) is 7.84. The van der Waals surface area contributed by atoms with E-state index in [1.165, 1.54) is 11.3 Å². The molecule has 0 atom stereocenters. The Morgan fingerprint density at radius 2 is 2.12 bits per heavy atom. The van der Waals surface area contributed by atoms with E-state index in [1.54, 1.807) is 0 Å². The number of thiophene rings is 1. The third-order valence-electron chi connectivity index (χ3n) is 2.06. The molecule has 1 heterocycles. The van der Waals surface area contributed by atoms with Gasteiger partial charge in [-0.1, -0.05) is 6.07 Å². The zero-order valence-electron chi connectivity index (χ0n) is 9.61. The van der Waals surface area contributed by atoms with Crippen molar-refractivity contribution in [3.05, 3.63) is 22.4 Å². The lowest BCUT2D eigenvalue weighted by Gasteiger charge is -2.03. The van der Waals surface area contributed by atoms with E-state index in [4.69, 9.17) is 9.47 Å². The maximum absolute atomic E-state index is 11.6. The van der Waals surface area contributed by atoms with Gasteiger partial charge in [0.25, 0.3) is 0 Å². The molecule has 0 amide bonds. The van der Waals surface area contributed by atoms with Gasteiger partial charge >= 0.3 is 0 Å². The standard InChI is InChI=1S/C12H18O3S/c1-2-14-8-9-15-7-3-5-11(13)12-6-4-10-16-12/h4,6,10H,2-3,5,7-9H2,1H3. The summed E-state index contributed by atoms with van der Waals surface area (Å²) in [6.07, 6.45) is 1.35. The summed E-state index contributed by atoms with van der Waals surface area (Å²) in [6.45, 7) is 4.56. The lowest BCUT2D eigenvalue weighted by molar-refractivity contribution is 0.0509. The molecule has 0 unspecified atom stereocenters. The summed E-state index contributed by atoms with van der Waals surface area (Å²) in [5.74, 6) is 0.211. The summed E-state index contributed by atoms with van der Waals surface area (Å²) in [6, 6.07) is 3.76. The minimum absolute atomic E-state index is 0.211. The fourth-order valence-electron chi connectivity index (χ4n) is 1.26. The average molecular weight is 242 g/mol. The second-order valence-corrected chi connectivity index (χ2v) is 4.26. The van der Waals surface area contributed by atoms with Gasteiger partial charge in [-0.05, 0) is 24.8 Å². The van der Waals surface area contributed by atoms with Crippen LogP contribution in [0.4, 0.5) is 0 Å². The Morgan fingerprint density at radius 1 is 1.31 bits per heavy atom. The maximum Gasteiger partial charge on any atom is 0.172 e. The van der Waals surface area contributed by atoms with Crippen LogP contribution in [0.2, 0.25) is 0 Å². The molecule has 0 saturated carbocycles. The molecule has 1 rings (SSSR count). The highest BCUT2D eigenvalue weighted by Crippen LogP contribution is 2.12. The van der Waals surface area contributed by atoms with Crippen molar-refractivity contribution in [1.29, 1.82) is 0 Å². The highest BCUT2D eigenvalue weighted by molar-refractivity contribution is 7.12. The second-order valence-electron chi connectivity index (χ2n) is 3.31. The van der Waals surface area contributed by atoms with Gasteiger partial charge in [0.1, 0.15) is 0 Å². The topological polar surface area (TPSA) is 35.5 Å². The van der Waals surface area contributed by atoms with E-state index in [9.17, 15) is 4.79 Å². The quantitative estimate of drug-likeness (QED) is 0.493. The highest BCUT2D eigenvalue weighted by Gasteiger charge is 2.05. The van der Waals surface area contributed by atoms with Gasteiger partial charge in [-0.2, -0.15) is 0 Å². The van der Waals surface area contributed by atoms with E-state index in [2.05, 4.69) is 0 Å². The molecule has 0 spiro atoms. The van der Waals surface area contributed by atoms with Crippen LogP contribution in [0.25, 0.3) is 0 Å². The molecule has 0 aromatic carbocycles. The van der Waals surface area contributed by atoms with Gasteiger partial charge in [0, 0.05) is 19.6 Å². The van der Waals surface area contributed by atoms with Crippen LogP contribution in [0, 0.1) is 0 Å². The van der Waals surface area contributed by atoms with Gasteiger partial charge in [-0.15, -0.1) is 11.3 Å². The Morgan fingerprint density at radius 3 is 2.81 bits per heavy atom. The molecule has 0 aliphatic heterocycles. The molecular formula is C12H18O3S.